The Kier molecular flexibility index (Phi) is 6.08. The monoisotopic (exact) mass is 417 g/mol. The molecule has 108 valence electrons. The summed E-state index contributed by atoms with van der Waals surface area (Å²) in [6, 6.07) is 8.68. The van der Waals surface area contributed by atoms with Gasteiger partial charge in [-0.1, -0.05) is 29.8 Å². The van der Waals surface area contributed by atoms with E-state index in [1.165, 1.54) is 10.4 Å². The molecule has 1 aromatic carbocycles. The highest BCUT2D eigenvalue weighted by Crippen LogP contribution is 2.26. The lowest BCUT2D eigenvalue weighted by atomic mass is 10.2. The molecule has 2 aromatic rings. The van der Waals surface area contributed by atoms with Crippen LogP contribution in [-0.4, -0.2) is 6.04 Å². The zero-order valence-corrected chi connectivity index (χ0v) is 15.4. The van der Waals surface area contributed by atoms with Crippen LogP contribution in [0.5, 0.6) is 5.75 Å². The van der Waals surface area contributed by atoms with Crippen LogP contribution in [0.25, 0.3) is 0 Å². The zero-order valence-electron chi connectivity index (χ0n) is 11.5. The third-order valence-electron chi connectivity index (χ3n) is 2.71. The minimum Gasteiger partial charge on any atom is -0.488 e. The highest BCUT2D eigenvalue weighted by Gasteiger charge is 2.07. The van der Waals surface area contributed by atoms with Gasteiger partial charge in [-0.05, 0) is 40.2 Å². The van der Waals surface area contributed by atoms with Gasteiger partial charge in [0.25, 0.3) is 0 Å². The molecule has 1 heterocycles. The van der Waals surface area contributed by atoms with Gasteiger partial charge < -0.3 is 10.1 Å². The molecule has 1 N–H and O–H groups in total. The van der Waals surface area contributed by atoms with Gasteiger partial charge in [-0.2, -0.15) is 0 Å². The van der Waals surface area contributed by atoms with Crippen molar-refractivity contribution in [2.75, 3.05) is 0 Å². The topological polar surface area (TPSA) is 21.3 Å². The van der Waals surface area contributed by atoms with Crippen LogP contribution in [0.2, 0.25) is 0 Å². The fourth-order valence-corrected chi connectivity index (χ4v) is 3.49. The van der Waals surface area contributed by atoms with Crippen LogP contribution >= 0.6 is 43.2 Å². The van der Waals surface area contributed by atoms with Crippen molar-refractivity contribution in [2.45, 2.75) is 33.0 Å². The lowest BCUT2D eigenvalue weighted by Crippen LogP contribution is -2.22. The van der Waals surface area contributed by atoms with E-state index >= 15 is 0 Å². The van der Waals surface area contributed by atoms with Crippen molar-refractivity contribution < 1.29 is 4.74 Å². The first-order valence-electron chi connectivity index (χ1n) is 6.42. The Labute approximate surface area is 140 Å². The first-order chi connectivity index (χ1) is 9.54. The van der Waals surface area contributed by atoms with Crippen molar-refractivity contribution in [3.63, 3.8) is 0 Å². The zero-order chi connectivity index (χ0) is 14.5. The molecule has 0 amide bonds. The van der Waals surface area contributed by atoms with Crippen molar-refractivity contribution >= 4 is 43.2 Å². The number of rotatable bonds is 6. The van der Waals surface area contributed by atoms with E-state index in [1.54, 1.807) is 11.3 Å². The standard InChI is InChI=1S/C15H17Br2NOS/c1-10(2)18-7-11-5-12(16)3-4-15(11)19-8-14-6-13(17)9-20-14/h3-6,9-10,18H,7-8H2,1-2H3. The molecule has 0 saturated carbocycles. The molecule has 0 aliphatic carbocycles. The second-order valence-corrected chi connectivity index (χ2v) is 7.63. The maximum Gasteiger partial charge on any atom is 0.124 e. The summed E-state index contributed by atoms with van der Waals surface area (Å²) < 4.78 is 8.14. The van der Waals surface area contributed by atoms with Gasteiger partial charge in [0.2, 0.25) is 0 Å². The highest BCUT2D eigenvalue weighted by atomic mass is 79.9. The quantitative estimate of drug-likeness (QED) is 0.682. The Morgan fingerprint density at radius 1 is 1.20 bits per heavy atom. The maximum atomic E-state index is 5.95. The van der Waals surface area contributed by atoms with E-state index in [0.717, 1.165) is 21.2 Å². The number of ether oxygens (including phenoxy) is 1. The summed E-state index contributed by atoms with van der Waals surface area (Å²) in [6.07, 6.45) is 0. The minimum absolute atomic E-state index is 0.454. The normalized spacial score (nSPS) is 11.1. The second-order valence-electron chi connectivity index (χ2n) is 4.81. The molecular formula is C15H17Br2NOS. The van der Waals surface area contributed by atoms with Crippen molar-refractivity contribution in [2.24, 2.45) is 0 Å². The van der Waals surface area contributed by atoms with Gasteiger partial charge in [0, 0.05) is 37.4 Å². The third kappa shape index (κ3) is 4.88. The maximum absolute atomic E-state index is 5.95. The van der Waals surface area contributed by atoms with E-state index in [-0.39, 0.29) is 0 Å². The summed E-state index contributed by atoms with van der Waals surface area (Å²) >= 11 is 8.68. The molecule has 5 heteroatoms. The van der Waals surface area contributed by atoms with Crippen molar-refractivity contribution in [3.05, 3.63) is 49.0 Å². The summed E-state index contributed by atoms with van der Waals surface area (Å²) in [5.74, 6) is 0.936. The average molecular weight is 419 g/mol. The first-order valence-corrected chi connectivity index (χ1v) is 8.88. The lowest BCUT2D eigenvalue weighted by Gasteiger charge is -2.14. The summed E-state index contributed by atoms with van der Waals surface area (Å²) in [5, 5.41) is 5.50. The molecule has 0 spiro atoms. The third-order valence-corrected chi connectivity index (χ3v) is 4.88. The number of nitrogens with one attached hydrogen (secondary N) is 1. The van der Waals surface area contributed by atoms with E-state index in [9.17, 15) is 0 Å². The molecule has 2 rings (SSSR count). The molecule has 0 aliphatic rings. The van der Waals surface area contributed by atoms with Crippen LogP contribution in [0, 0.1) is 0 Å². The molecule has 2 nitrogen and oxygen atoms in total. The Balaban J connectivity index is 2.05. The first kappa shape index (κ1) is 16.0. The lowest BCUT2D eigenvalue weighted by molar-refractivity contribution is 0.305. The molecule has 0 saturated heterocycles. The van der Waals surface area contributed by atoms with Gasteiger partial charge in [0.1, 0.15) is 12.4 Å². The predicted molar refractivity (Wildman–Crippen MR) is 92.5 cm³/mol. The number of benzene rings is 1. The van der Waals surface area contributed by atoms with Gasteiger partial charge in [0.15, 0.2) is 0 Å². The number of thiophene rings is 1. The SMILES string of the molecule is CC(C)NCc1cc(Br)ccc1OCc1cc(Br)cs1. The Hall–Kier alpha value is -0.360. The van der Waals surface area contributed by atoms with Crippen LogP contribution in [0.1, 0.15) is 24.3 Å². The van der Waals surface area contributed by atoms with E-state index in [2.05, 4.69) is 68.5 Å². The Bertz CT molecular complexity index is 569. The van der Waals surface area contributed by atoms with Crippen molar-refractivity contribution in [3.8, 4) is 5.75 Å². The molecule has 0 radical (unpaired) electrons. The van der Waals surface area contributed by atoms with Crippen molar-refractivity contribution in [1.82, 2.24) is 5.32 Å². The van der Waals surface area contributed by atoms with E-state index in [1.807, 2.05) is 12.1 Å². The summed E-state index contributed by atoms with van der Waals surface area (Å²) in [7, 11) is 0. The molecular weight excluding hydrogens is 402 g/mol. The van der Waals surface area contributed by atoms with Crippen LogP contribution in [0.15, 0.2) is 38.6 Å². The molecule has 0 fully saturated rings. The summed E-state index contributed by atoms with van der Waals surface area (Å²) in [6.45, 7) is 5.69. The molecule has 0 atom stereocenters. The van der Waals surface area contributed by atoms with E-state index < -0.39 is 0 Å². The number of hydrogen-bond acceptors (Lipinski definition) is 3. The van der Waals surface area contributed by atoms with Crippen molar-refractivity contribution in [1.29, 1.82) is 0 Å². The molecule has 0 aliphatic heterocycles. The average Bonchev–Trinajstić information content (AvgIpc) is 2.81. The van der Waals surface area contributed by atoms with Crippen LogP contribution < -0.4 is 10.1 Å². The summed E-state index contributed by atoms with van der Waals surface area (Å²) in [4.78, 5) is 1.21. The molecule has 0 unspecified atom stereocenters. The van der Waals surface area contributed by atoms with Crippen LogP contribution in [0.3, 0.4) is 0 Å². The molecule has 20 heavy (non-hydrogen) atoms. The van der Waals surface area contributed by atoms with Gasteiger partial charge in [-0.15, -0.1) is 11.3 Å². The van der Waals surface area contributed by atoms with Gasteiger partial charge in [-0.3, -0.25) is 0 Å². The molecule has 1 aromatic heterocycles. The van der Waals surface area contributed by atoms with Gasteiger partial charge in [0.05, 0.1) is 0 Å². The predicted octanol–water partition coefficient (Wildman–Crippen LogP) is 5.35. The summed E-state index contributed by atoms with van der Waals surface area (Å²) in [5.41, 5.74) is 1.17. The van der Waals surface area contributed by atoms with Crippen LogP contribution in [-0.2, 0) is 13.2 Å². The molecule has 0 bridgehead atoms. The van der Waals surface area contributed by atoms with Gasteiger partial charge >= 0.3 is 0 Å². The fraction of sp³-hybridized carbons (Fsp3) is 0.333. The minimum atomic E-state index is 0.454. The number of hydrogen-bond donors (Lipinski definition) is 1. The second kappa shape index (κ2) is 7.59. The fourth-order valence-electron chi connectivity index (χ4n) is 1.72. The largest absolute Gasteiger partial charge is 0.488 e. The highest BCUT2D eigenvalue weighted by molar-refractivity contribution is 9.10. The van der Waals surface area contributed by atoms with Crippen LogP contribution in [0.4, 0.5) is 0 Å². The van der Waals surface area contributed by atoms with E-state index in [0.29, 0.717) is 12.6 Å². The van der Waals surface area contributed by atoms with E-state index in [4.69, 9.17) is 4.74 Å². The Morgan fingerprint density at radius 2 is 2.00 bits per heavy atom. The van der Waals surface area contributed by atoms with Gasteiger partial charge in [-0.25, -0.2) is 0 Å². The Morgan fingerprint density at radius 3 is 2.65 bits per heavy atom. The number of halogens is 2. The smallest absolute Gasteiger partial charge is 0.124 e.